The molecule has 1 N–H and O–H groups in total. The quantitative estimate of drug-likeness (QED) is 0.482. The lowest BCUT2D eigenvalue weighted by Crippen LogP contribution is -2.25. The highest BCUT2D eigenvalue weighted by molar-refractivity contribution is 6.31. The molecule has 0 saturated carbocycles. The van der Waals surface area contributed by atoms with Crippen LogP contribution in [0.3, 0.4) is 0 Å². The maximum absolute atomic E-state index is 13.1. The largest absolute Gasteiger partial charge is 0.493 e. The van der Waals surface area contributed by atoms with Crippen molar-refractivity contribution in [3.8, 4) is 5.75 Å². The number of alkyl halides is 3. The van der Waals surface area contributed by atoms with Gasteiger partial charge in [0.2, 0.25) is 0 Å². The molecule has 30 heavy (non-hydrogen) atoms. The molecule has 0 heterocycles. The van der Waals surface area contributed by atoms with Crippen LogP contribution in [0.25, 0.3) is 0 Å². The van der Waals surface area contributed by atoms with Gasteiger partial charge in [0.05, 0.1) is 22.8 Å². The predicted molar refractivity (Wildman–Crippen MR) is 113 cm³/mol. The summed E-state index contributed by atoms with van der Waals surface area (Å²) in [5.74, 6) is -0.139. The molecule has 0 atom stereocenters. The summed E-state index contributed by atoms with van der Waals surface area (Å²) >= 11 is 5.64. The van der Waals surface area contributed by atoms with E-state index in [1.165, 1.54) is 6.07 Å². The summed E-state index contributed by atoms with van der Waals surface area (Å²) < 4.78 is 45.1. The molecule has 0 bridgehead atoms. The maximum Gasteiger partial charge on any atom is 0.417 e. The van der Waals surface area contributed by atoms with Gasteiger partial charge in [-0.3, -0.25) is 4.79 Å². The number of carbonyl (C=O) groups is 1. The number of hydrogen-bond acceptors (Lipinski definition) is 3. The normalized spacial score (nSPS) is 11.6. The van der Waals surface area contributed by atoms with Crippen molar-refractivity contribution in [2.24, 2.45) is 0 Å². The SMILES string of the molecule is CCN(CC)CCCOc1cccc(C)c1C(=O)Nc1ccc(Cl)c(C(F)(F)F)c1. The zero-order valence-corrected chi connectivity index (χ0v) is 18.0. The van der Waals surface area contributed by atoms with E-state index < -0.39 is 22.7 Å². The molecule has 0 aromatic heterocycles. The molecule has 0 aliphatic heterocycles. The molecule has 164 valence electrons. The summed E-state index contributed by atoms with van der Waals surface area (Å²) in [6, 6.07) is 8.48. The van der Waals surface area contributed by atoms with Crippen molar-refractivity contribution in [2.45, 2.75) is 33.4 Å². The molecule has 1 amide bonds. The van der Waals surface area contributed by atoms with Crippen molar-refractivity contribution in [3.63, 3.8) is 0 Å². The number of amides is 1. The van der Waals surface area contributed by atoms with Crippen molar-refractivity contribution in [3.05, 3.63) is 58.1 Å². The number of carbonyl (C=O) groups excluding carboxylic acids is 1. The van der Waals surface area contributed by atoms with Crippen LogP contribution in [0.15, 0.2) is 36.4 Å². The van der Waals surface area contributed by atoms with E-state index in [0.717, 1.165) is 38.2 Å². The lowest BCUT2D eigenvalue weighted by atomic mass is 10.1. The molecule has 0 fully saturated rings. The van der Waals surface area contributed by atoms with Crippen LogP contribution in [-0.2, 0) is 6.18 Å². The van der Waals surface area contributed by atoms with E-state index in [0.29, 0.717) is 23.5 Å². The van der Waals surface area contributed by atoms with E-state index in [9.17, 15) is 18.0 Å². The second-order valence-electron chi connectivity index (χ2n) is 6.82. The minimum absolute atomic E-state index is 0.00691. The van der Waals surface area contributed by atoms with Crippen molar-refractivity contribution in [2.75, 3.05) is 31.6 Å². The fourth-order valence-electron chi connectivity index (χ4n) is 3.08. The lowest BCUT2D eigenvalue weighted by molar-refractivity contribution is -0.137. The standard InChI is InChI=1S/C22H26ClF3N2O2/c1-4-28(5-2)12-7-13-30-19-9-6-8-15(3)20(19)21(29)27-16-10-11-18(23)17(14-16)22(24,25)26/h6,8-11,14H,4-5,7,12-13H2,1-3H3,(H,27,29). The van der Waals surface area contributed by atoms with Gasteiger partial charge in [0, 0.05) is 12.2 Å². The van der Waals surface area contributed by atoms with Crippen LogP contribution >= 0.6 is 11.6 Å². The van der Waals surface area contributed by atoms with Gasteiger partial charge >= 0.3 is 6.18 Å². The number of hydrogen-bond donors (Lipinski definition) is 1. The highest BCUT2D eigenvalue weighted by atomic mass is 35.5. The Morgan fingerprint density at radius 2 is 1.87 bits per heavy atom. The van der Waals surface area contributed by atoms with Crippen molar-refractivity contribution in [1.29, 1.82) is 0 Å². The average molecular weight is 443 g/mol. The Bertz CT molecular complexity index is 868. The van der Waals surface area contributed by atoms with Gasteiger partial charge in [-0.1, -0.05) is 37.6 Å². The van der Waals surface area contributed by atoms with Crippen LogP contribution in [0.4, 0.5) is 18.9 Å². The highest BCUT2D eigenvalue weighted by Gasteiger charge is 2.33. The maximum atomic E-state index is 13.1. The van der Waals surface area contributed by atoms with E-state index in [-0.39, 0.29) is 5.69 Å². The Morgan fingerprint density at radius 1 is 1.17 bits per heavy atom. The van der Waals surface area contributed by atoms with Crippen molar-refractivity contribution >= 4 is 23.2 Å². The molecule has 0 unspecified atom stereocenters. The molecule has 8 heteroatoms. The number of rotatable bonds is 9. The van der Waals surface area contributed by atoms with Crippen molar-refractivity contribution in [1.82, 2.24) is 4.90 Å². The first kappa shape index (κ1) is 24.0. The third kappa shape index (κ3) is 6.37. The molecule has 2 rings (SSSR count). The van der Waals surface area contributed by atoms with Crippen LogP contribution in [0.2, 0.25) is 5.02 Å². The summed E-state index contributed by atoms with van der Waals surface area (Å²) in [7, 11) is 0. The first-order valence-corrected chi connectivity index (χ1v) is 10.2. The van der Waals surface area contributed by atoms with Gasteiger partial charge in [0.1, 0.15) is 5.75 Å². The highest BCUT2D eigenvalue weighted by Crippen LogP contribution is 2.36. The predicted octanol–water partition coefficient (Wildman–Crippen LogP) is 6.03. The fraction of sp³-hybridized carbons (Fsp3) is 0.409. The van der Waals surface area contributed by atoms with Gasteiger partial charge in [-0.2, -0.15) is 13.2 Å². The summed E-state index contributed by atoms with van der Waals surface area (Å²) in [6.07, 6.45) is -3.82. The van der Waals surface area contributed by atoms with Gasteiger partial charge < -0.3 is 15.0 Å². The summed E-state index contributed by atoms with van der Waals surface area (Å²) in [6.45, 7) is 9.15. The summed E-state index contributed by atoms with van der Waals surface area (Å²) in [4.78, 5) is 15.1. The second kappa shape index (κ2) is 10.7. The molecule has 0 saturated heterocycles. The molecule has 4 nitrogen and oxygen atoms in total. The van der Waals surface area contributed by atoms with E-state index in [1.54, 1.807) is 25.1 Å². The molecular formula is C22H26ClF3N2O2. The first-order valence-electron chi connectivity index (χ1n) is 9.80. The van der Waals surface area contributed by atoms with E-state index in [2.05, 4.69) is 24.1 Å². The molecule has 0 aliphatic rings. The number of aryl methyl sites for hydroxylation is 1. The van der Waals surface area contributed by atoms with Crippen LogP contribution in [0.1, 0.15) is 41.8 Å². The number of ether oxygens (including phenoxy) is 1. The third-order valence-corrected chi connectivity index (χ3v) is 5.09. The summed E-state index contributed by atoms with van der Waals surface area (Å²) in [5, 5.41) is 2.10. The molecular weight excluding hydrogens is 417 g/mol. The third-order valence-electron chi connectivity index (χ3n) is 4.76. The number of benzene rings is 2. The van der Waals surface area contributed by atoms with Gasteiger partial charge in [-0.15, -0.1) is 0 Å². The van der Waals surface area contributed by atoms with Crippen LogP contribution in [0, 0.1) is 6.92 Å². The Balaban J connectivity index is 2.14. The zero-order chi connectivity index (χ0) is 22.3. The molecule has 0 radical (unpaired) electrons. The van der Waals surface area contributed by atoms with Crippen LogP contribution < -0.4 is 10.1 Å². The Hall–Kier alpha value is -2.25. The smallest absolute Gasteiger partial charge is 0.417 e. The number of halogens is 4. The zero-order valence-electron chi connectivity index (χ0n) is 17.3. The van der Waals surface area contributed by atoms with E-state index in [4.69, 9.17) is 16.3 Å². The molecule has 2 aromatic carbocycles. The Morgan fingerprint density at radius 3 is 2.50 bits per heavy atom. The van der Waals surface area contributed by atoms with Crippen molar-refractivity contribution < 1.29 is 22.7 Å². The minimum Gasteiger partial charge on any atom is -0.493 e. The van der Waals surface area contributed by atoms with Gasteiger partial charge in [0.15, 0.2) is 0 Å². The van der Waals surface area contributed by atoms with E-state index in [1.807, 2.05) is 0 Å². The average Bonchev–Trinajstić information content (AvgIpc) is 2.68. The van der Waals surface area contributed by atoms with E-state index >= 15 is 0 Å². The monoisotopic (exact) mass is 442 g/mol. The van der Waals surface area contributed by atoms with Crippen LogP contribution in [-0.4, -0.2) is 37.0 Å². The Labute approximate surface area is 180 Å². The molecule has 0 spiro atoms. The minimum atomic E-state index is -4.61. The number of nitrogens with zero attached hydrogens (tertiary/aromatic N) is 1. The lowest BCUT2D eigenvalue weighted by Gasteiger charge is -2.18. The number of nitrogens with one attached hydrogen (secondary N) is 1. The Kier molecular flexibility index (Phi) is 8.55. The van der Waals surface area contributed by atoms with Gasteiger partial charge in [0.25, 0.3) is 5.91 Å². The fourth-order valence-corrected chi connectivity index (χ4v) is 3.30. The molecule has 0 aliphatic carbocycles. The molecule has 2 aromatic rings. The number of anilines is 1. The summed E-state index contributed by atoms with van der Waals surface area (Å²) in [5.41, 5.74) is -0.0327. The van der Waals surface area contributed by atoms with Crippen LogP contribution in [0.5, 0.6) is 5.75 Å². The second-order valence-corrected chi connectivity index (χ2v) is 7.23. The van der Waals surface area contributed by atoms with Gasteiger partial charge in [-0.25, -0.2) is 0 Å². The van der Waals surface area contributed by atoms with Gasteiger partial charge in [-0.05, 0) is 56.3 Å². The first-order chi connectivity index (χ1) is 14.2. The topological polar surface area (TPSA) is 41.6 Å².